The molecule has 1 aromatic rings. The van der Waals surface area contributed by atoms with Crippen LogP contribution in [0.5, 0.6) is 5.75 Å². The van der Waals surface area contributed by atoms with Crippen LogP contribution < -0.4 is 4.74 Å². The molecule has 1 aliphatic heterocycles. The molecule has 0 spiro atoms. The Morgan fingerprint density at radius 2 is 1.84 bits per heavy atom. The second kappa shape index (κ2) is 11.0. The summed E-state index contributed by atoms with van der Waals surface area (Å²) in [6, 6.07) is 7.33. The summed E-state index contributed by atoms with van der Waals surface area (Å²) in [6.45, 7) is 8.87. The first-order valence-electron chi connectivity index (χ1n) is 12.7. The van der Waals surface area contributed by atoms with Crippen molar-refractivity contribution in [3.63, 3.8) is 0 Å². The molecule has 4 rings (SSSR count). The molecule has 5 nitrogen and oxygen atoms in total. The van der Waals surface area contributed by atoms with Crippen LogP contribution in [0.25, 0.3) is 0 Å². The maximum absolute atomic E-state index is 12.7. The topological polar surface area (TPSA) is 57.3 Å². The standard InChI is InChI=1S/C27H40O5/c1-18(2)23-11-5-19(3)15-25(23)32-27(28)21-7-9-22(10-8-21)30-14-4-13-29-17-20-6-12-24-26(16-20)31-24/h7-10,18-20,23-26H,4-6,11-17H2,1-3H3. The maximum Gasteiger partial charge on any atom is 0.338 e. The van der Waals surface area contributed by atoms with Crippen molar-refractivity contribution in [3.8, 4) is 5.75 Å². The van der Waals surface area contributed by atoms with Gasteiger partial charge in [0.2, 0.25) is 0 Å². The number of fused-ring (bicyclic) bond motifs is 1. The number of esters is 1. The molecule has 0 amide bonds. The quantitative estimate of drug-likeness (QED) is 0.265. The summed E-state index contributed by atoms with van der Waals surface area (Å²) >= 11 is 0. The van der Waals surface area contributed by atoms with Crippen LogP contribution in [0, 0.1) is 23.7 Å². The Morgan fingerprint density at radius 1 is 1.03 bits per heavy atom. The molecule has 2 aliphatic carbocycles. The molecule has 6 atom stereocenters. The van der Waals surface area contributed by atoms with Gasteiger partial charge in [0.25, 0.3) is 0 Å². The lowest BCUT2D eigenvalue weighted by Gasteiger charge is -2.36. The summed E-state index contributed by atoms with van der Waals surface area (Å²) in [4.78, 5) is 12.7. The van der Waals surface area contributed by atoms with Crippen molar-refractivity contribution in [2.75, 3.05) is 19.8 Å². The highest BCUT2D eigenvalue weighted by molar-refractivity contribution is 5.89. The Balaban J connectivity index is 1.14. The van der Waals surface area contributed by atoms with Crippen LogP contribution in [-0.2, 0) is 14.2 Å². The average molecular weight is 445 g/mol. The van der Waals surface area contributed by atoms with Gasteiger partial charge in [-0.1, -0.05) is 27.2 Å². The fourth-order valence-electron chi connectivity index (χ4n) is 5.38. The van der Waals surface area contributed by atoms with E-state index >= 15 is 0 Å². The van der Waals surface area contributed by atoms with E-state index in [1.54, 1.807) is 12.1 Å². The Kier molecular flexibility index (Phi) is 8.12. The molecule has 0 aromatic heterocycles. The highest BCUT2D eigenvalue weighted by atomic mass is 16.6. The molecule has 6 unspecified atom stereocenters. The second-order valence-electron chi connectivity index (χ2n) is 10.5. The smallest absolute Gasteiger partial charge is 0.338 e. The molecule has 0 radical (unpaired) electrons. The summed E-state index contributed by atoms with van der Waals surface area (Å²) in [5.74, 6) is 2.81. The van der Waals surface area contributed by atoms with Crippen molar-refractivity contribution in [2.24, 2.45) is 23.7 Å². The number of ether oxygens (including phenoxy) is 4. The van der Waals surface area contributed by atoms with Crippen molar-refractivity contribution < 1.29 is 23.7 Å². The Bertz CT molecular complexity index is 730. The van der Waals surface area contributed by atoms with Gasteiger partial charge in [0.1, 0.15) is 11.9 Å². The van der Waals surface area contributed by atoms with E-state index < -0.39 is 0 Å². The van der Waals surface area contributed by atoms with Gasteiger partial charge in [-0.3, -0.25) is 0 Å². The molecule has 5 heteroatoms. The van der Waals surface area contributed by atoms with Crippen LogP contribution in [-0.4, -0.2) is 44.1 Å². The zero-order valence-corrected chi connectivity index (χ0v) is 20.0. The van der Waals surface area contributed by atoms with E-state index in [9.17, 15) is 4.79 Å². The third-order valence-electron chi connectivity index (χ3n) is 7.48. The minimum atomic E-state index is -0.222. The molecule has 1 aromatic carbocycles. The Hall–Kier alpha value is -1.59. The van der Waals surface area contributed by atoms with E-state index in [1.165, 1.54) is 19.3 Å². The van der Waals surface area contributed by atoms with Crippen molar-refractivity contribution in [1.82, 2.24) is 0 Å². The van der Waals surface area contributed by atoms with Crippen LogP contribution in [0.1, 0.15) is 76.1 Å². The minimum Gasteiger partial charge on any atom is -0.494 e. The average Bonchev–Trinajstić information content (AvgIpc) is 3.55. The highest BCUT2D eigenvalue weighted by Crippen LogP contribution is 2.39. The predicted molar refractivity (Wildman–Crippen MR) is 124 cm³/mol. The van der Waals surface area contributed by atoms with E-state index in [-0.39, 0.29) is 12.1 Å². The van der Waals surface area contributed by atoms with Gasteiger partial charge in [-0.05, 0) is 80.0 Å². The number of rotatable bonds is 10. The molecule has 1 saturated heterocycles. The molecule has 1 heterocycles. The van der Waals surface area contributed by atoms with Crippen LogP contribution in [0.3, 0.4) is 0 Å². The van der Waals surface area contributed by atoms with Crippen LogP contribution in [0.2, 0.25) is 0 Å². The van der Waals surface area contributed by atoms with Crippen LogP contribution in [0.15, 0.2) is 24.3 Å². The van der Waals surface area contributed by atoms with Crippen LogP contribution >= 0.6 is 0 Å². The van der Waals surface area contributed by atoms with E-state index in [4.69, 9.17) is 18.9 Å². The molecular weight excluding hydrogens is 404 g/mol. The molecule has 3 aliphatic rings. The van der Waals surface area contributed by atoms with Gasteiger partial charge in [-0.25, -0.2) is 4.79 Å². The Labute approximate surface area is 193 Å². The van der Waals surface area contributed by atoms with E-state index in [1.807, 2.05) is 12.1 Å². The van der Waals surface area contributed by atoms with E-state index in [0.29, 0.717) is 54.7 Å². The lowest BCUT2D eigenvalue weighted by atomic mass is 9.75. The fourth-order valence-corrected chi connectivity index (χ4v) is 5.38. The molecule has 178 valence electrons. The molecule has 32 heavy (non-hydrogen) atoms. The van der Waals surface area contributed by atoms with Gasteiger partial charge in [0.15, 0.2) is 0 Å². The molecule has 2 saturated carbocycles. The monoisotopic (exact) mass is 444 g/mol. The second-order valence-corrected chi connectivity index (χ2v) is 10.5. The number of epoxide rings is 1. The first kappa shape index (κ1) is 23.6. The molecule has 0 bridgehead atoms. The number of carbonyl (C=O) groups excluding carboxylic acids is 1. The van der Waals surface area contributed by atoms with Crippen molar-refractivity contribution in [2.45, 2.75) is 84.0 Å². The largest absolute Gasteiger partial charge is 0.494 e. The van der Waals surface area contributed by atoms with Gasteiger partial charge in [0.05, 0.1) is 24.4 Å². The summed E-state index contributed by atoms with van der Waals surface area (Å²) < 4.78 is 23.2. The lowest BCUT2D eigenvalue weighted by Crippen LogP contribution is -2.35. The van der Waals surface area contributed by atoms with Gasteiger partial charge in [-0.15, -0.1) is 0 Å². The predicted octanol–water partition coefficient (Wildman–Crippen LogP) is 5.66. The first-order valence-corrected chi connectivity index (χ1v) is 12.7. The summed E-state index contributed by atoms with van der Waals surface area (Å²) in [5, 5.41) is 0. The maximum atomic E-state index is 12.7. The molecule has 0 N–H and O–H groups in total. The SMILES string of the molecule is CC1CCC(C(C)C)C(OC(=O)c2ccc(OCCCOCC3CCC4OC4C3)cc2)C1. The number of hydrogen-bond acceptors (Lipinski definition) is 5. The zero-order valence-electron chi connectivity index (χ0n) is 20.0. The van der Waals surface area contributed by atoms with Gasteiger partial charge in [-0.2, -0.15) is 0 Å². The minimum absolute atomic E-state index is 0.0222. The highest BCUT2D eigenvalue weighted by Gasteiger charge is 2.43. The zero-order chi connectivity index (χ0) is 22.5. The van der Waals surface area contributed by atoms with Crippen molar-refractivity contribution in [3.05, 3.63) is 29.8 Å². The number of benzene rings is 1. The normalized spacial score (nSPS) is 31.8. The first-order chi connectivity index (χ1) is 15.5. The van der Waals surface area contributed by atoms with E-state index in [2.05, 4.69) is 20.8 Å². The van der Waals surface area contributed by atoms with Gasteiger partial charge in [0, 0.05) is 19.6 Å². The van der Waals surface area contributed by atoms with Crippen molar-refractivity contribution in [1.29, 1.82) is 0 Å². The lowest BCUT2D eigenvalue weighted by molar-refractivity contribution is -0.0174. The van der Waals surface area contributed by atoms with Crippen molar-refractivity contribution >= 4 is 5.97 Å². The fraction of sp³-hybridized carbons (Fsp3) is 0.741. The van der Waals surface area contributed by atoms with Gasteiger partial charge < -0.3 is 18.9 Å². The molecular formula is C27H40O5. The van der Waals surface area contributed by atoms with E-state index in [0.717, 1.165) is 38.0 Å². The third kappa shape index (κ3) is 6.48. The number of carbonyl (C=O) groups is 1. The molecule has 3 fully saturated rings. The third-order valence-corrected chi connectivity index (χ3v) is 7.48. The summed E-state index contributed by atoms with van der Waals surface area (Å²) in [5.41, 5.74) is 0.593. The van der Waals surface area contributed by atoms with Gasteiger partial charge >= 0.3 is 5.97 Å². The number of hydrogen-bond donors (Lipinski definition) is 0. The summed E-state index contributed by atoms with van der Waals surface area (Å²) in [7, 11) is 0. The summed E-state index contributed by atoms with van der Waals surface area (Å²) in [6.07, 6.45) is 8.87. The Morgan fingerprint density at radius 3 is 2.59 bits per heavy atom. The van der Waals surface area contributed by atoms with Crippen LogP contribution in [0.4, 0.5) is 0 Å².